The lowest BCUT2D eigenvalue weighted by Crippen LogP contribution is -2.48. The molecule has 0 saturated heterocycles. The van der Waals surface area contributed by atoms with Crippen LogP contribution in [0.4, 0.5) is 11.6 Å². The molecule has 2 rings (SSSR count). The second kappa shape index (κ2) is 5.30. The minimum atomic E-state index is -0.223. The minimum absolute atomic E-state index is 0.124. The summed E-state index contributed by atoms with van der Waals surface area (Å²) >= 11 is 0. The van der Waals surface area contributed by atoms with Gasteiger partial charge in [0.1, 0.15) is 17.5 Å². The number of hydrazine groups is 1. The van der Waals surface area contributed by atoms with Crippen LogP contribution in [-0.2, 0) is 0 Å². The van der Waals surface area contributed by atoms with E-state index in [1.54, 1.807) is 0 Å². The van der Waals surface area contributed by atoms with E-state index < -0.39 is 0 Å². The smallest absolute Gasteiger partial charge is 0.148 e. The molecule has 1 fully saturated rings. The van der Waals surface area contributed by atoms with Crippen molar-refractivity contribution in [2.45, 2.75) is 51.5 Å². The average molecular weight is 265 g/mol. The first-order chi connectivity index (χ1) is 9.01. The van der Waals surface area contributed by atoms with Crippen LogP contribution in [0.25, 0.3) is 0 Å². The highest BCUT2D eigenvalue weighted by atomic mass is 16.3. The molecule has 0 aromatic carbocycles. The summed E-state index contributed by atoms with van der Waals surface area (Å²) in [5.41, 5.74) is 3.28. The monoisotopic (exact) mass is 265 g/mol. The third kappa shape index (κ3) is 2.64. The van der Waals surface area contributed by atoms with E-state index in [2.05, 4.69) is 20.7 Å². The van der Waals surface area contributed by atoms with Crippen molar-refractivity contribution < 1.29 is 5.11 Å². The normalized spacial score (nSPS) is 17.2. The summed E-state index contributed by atoms with van der Waals surface area (Å²) in [6.07, 6.45) is 3.07. The average Bonchev–Trinajstić information content (AvgIpc) is 2.35. The molecule has 1 aromatic rings. The molecule has 1 saturated carbocycles. The van der Waals surface area contributed by atoms with E-state index in [-0.39, 0.29) is 18.1 Å². The third-order valence-electron chi connectivity index (χ3n) is 3.81. The summed E-state index contributed by atoms with van der Waals surface area (Å²) in [4.78, 5) is 8.97. The summed E-state index contributed by atoms with van der Waals surface area (Å²) in [6, 6.07) is 0. The number of nitrogens with two attached hydrogens (primary N) is 1. The Labute approximate surface area is 113 Å². The van der Waals surface area contributed by atoms with Crippen molar-refractivity contribution in [2.24, 2.45) is 5.84 Å². The zero-order valence-corrected chi connectivity index (χ0v) is 11.8. The predicted molar refractivity (Wildman–Crippen MR) is 76.0 cm³/mol. The van der Waals surface area contributed by atoms with Crippen molar-refractivity contribution in [3.05, 3.63) is 11.4 Å². The lowest BCUT2D eigenvalue weighted by atomic mass is 9.77. The third-order valence-corrected chi connectivity index (χ3v) is 3.81. The molecule has 0 radical (unpaired) electrons. The first-order valence-corrected chi connectivity index (χ1v) is 6.75. The van der Waals surface area contributed by atoms with E-state index in [1.165, 1.54) is 0 Å². The summed E-state index contributed by atoms with van der Waals surface area (Å²) in [6.45, 7) is 6.13. The second-order valence-corrected chi connectivity index (χ2v) is 5.62. The Kier molecular flexibility index (Phi) is 3.91. The van der Waals surface area contributed by atoms with Crippen molar-refractivity contribution >= 4 is 11.6 Å². The van der Waals surface area contributed by atoms with Gasteiger partial charge in [0.2, 0.25) is 0 Å². The molecule has 1 aliphatic rings. The lowest BCUT2D eigenvalue weighted by Gasteiger charge is -2.41. The second-order valence-electron chi connectivity index (χ2n) is 5.62. The zero-order valence-electron chi connectivity index (χ0n) is 11.8. The molecule has 0 spiro atoms. The number of anilines is 2. The number of aromatic nitrogens is 2. The molecular weight excluding hydrogens is 242 g/mol. The van der Waals surface area contributed by atoms with Crippen molar-refractivity contribution in [3.63, 3.8) is 0 Å². The first kappa shape index (κ1) is 14.0. The number of nitrogens with one attached hydrogen (secondary N) is 2. The Bertz CT molecular complexity index is 451. The Morgan fingerprint density at radius 1 is 1.32 bits per heavy atom. The zero-order chi connectivity index (χ0) is 14.0. The van der Waals surface area contributed by atoms with Crippen molar-refractivity contribution in [1.29, 1.82) is 0 Å². The maximum Gasteiger partial charge on any atom is 0.148 e. The van der Waals surface area contributed by atoms with Crippen LogP contribution in [0.5, 0.6) is 0 Å². The Morgan fingerprint density at radius 2 is 1.95 bits per heavy atom. The summed E-state index contributed by atoms with van der Waals surface area (Å²) < 4.78 is 0. The van der Waals surface area contributed by atoms with Gasteiger partial charge in [-0.1, -0.05) is 13.8 Å². The number of aliphatic hydroxyl groups is 1. The quantitative estimate of drug-likeness (QED) is 0.476. The lowest BCUT2D eigenvalue weighted by molar-refractivity contribution is 0.143. The molecule has 0 atom stereocenters. The number of nitrogens with zero attached hydrogens (tertiary/aromatic N) is 2. The Morgan fingerprint density at radius 3 is 2.37 bits per heavy atom. The Balaban J connectivity index is 2.35. The Hall–Kier alpha value is -1.40. The van der Waals surface area contributed by atoms with Crippen LogP contribution in [0.15, 0.2) is 0 Å². The summed E-state index contributed by atoms with van der Waals surface area (Å²) in [7, 11) is 0. The predicted octanol–water partition coefficient (Wildman–Crippen LogP) is 1.52. The molecule has 6 nitrogen and oxygen atoms in total. The number of aliphatic hydroxyl groups excluding tert-OH is 1. The fraction of sp³-hybridized carbons (Fsp3) is 0.692. The van der Waals surface area contributed by atoms with E-state index in [9.17, 15) is 5.11 Å². The van der Waals surface area contributed by atoms with Crippen LogP contribution in [0, 0.1) is 6.92 Å². The molecular formula is C13H23N5O. The fourth-order valence-electron chi connectivity index (χ4n) is 2.23. The van der Waals surface area contributed by atoms with Gasteiger partial charge < -0.3 is 15.8 Å². The largest absolute Gasteiger partial charge is 0.394 e. The van der Waals surface area contributed by atoms with Crippen molar-refractivity contribution in [3.8, 4) is 0 Å². The van der Waals surface area contributed by atoms with E-state index in [0.29, 0.717) is 5.82 Å². The van der Waals surface area contributed by atoms with Gasteiger partial charge >= 0.3 is 0 Å². The summed E-state index contributed by atoms with van der Waals surface area (Å²) in [5.74, 6) is 7.88. The minimum Gasteiger partial charge on any atom is -0.394 e. The van der Waals surface area contributed by atoms with Crippen LogP contribution in [0.1, 0.15) is 50.4 Å². The standard InChI is InChI=1S/C13H23N5O/c1-8(2)10-15-11(9(3)12(16-10)18-14)17-13(7-19)5-4-6-13/h8,19H,4-7,14H2,1-3H3,(H2,15,16,17,18). The number of hydrogen-bond donors (Lipinski definition) is 4. The van der Waals surface area contributed by atoms with E-state index in [1.807, 2.05) is 20.8 Å². The van der Waals surface area contributed by atoms with Crippen LogP contribution < -0.4 is 16.6 Å². The fourth-order valence-corrected chi connectivity index (χ4v) is 2.23. The van der Waals surface area contributed by atoms with Crippen LogP contribution >= 0.6 is 0 Å². The van der Waals surface area contributed by atoms with Gasteiger partial charge in [-0.2, -0.15) is 0 Å². The molecule has 6 heteroatoms. The van der Waals surface area contributed by atoms with Gasteiger partial charge in [0.15, 0.2) is 0 Å². The van der Waals surface area contributed by atoms with Gasteiger partial charge in [-0.25, -0.2) is 15.8 Å². The van der Waals surface area contributed by atoms with Gasteiger partial charge in [0.05, 0.1) is 12.1 Å². The molecule has 0 aliphatic heterocycles. The van der Waals surface area contributed by atoms with Gasteiger partial charge in [-0.05, 0) is 26.2 Å². The number of hydrogen-bond acceptors (Lipinski definition) is 6. The highest BCUT2D eigenvalue weighted by Gasteiger charge is 2.37. The molecule has 5 N–H and O–H groups in total. The first-order valence-electron chi connectivity index (χ1n) is 6.75. The molecule has 0 unspecified atom stereocenters. The number of nitrogen functional groups attached to an aromatic ring is 1. The van der Waals surface area contributed by atoms with Gasteiger partial charge in [0, 0.05) is 11.5 Å². The van der Waals surface area contributed by atoms with Crippen LogP contribution in [0.3, 0.4) is 0 Å². The molecule has 106 valence electrons. The molecule has 1 aromatic heterocycles. The molecule has 0 bridgehead atoms. The van der Waals surface area contributed by atoms with Gasteiger partial charge in [-0.3, -0.25) is 0 Å². The van der Waals surface area contributed by atoms with Crippen molar-refractivity contribution in [2.75, 3.05) is 17.3 Å². The van der Waals surface area contributed by atoms with E-state index in [0.717, 1.165) is 36.5 Å². The molecule has 1 aliphatic carbocycles. The van der Waals surface area contributed by atoms with E-state index >= 15 is 0 Å². The van der Waals surface area contributed by atoms with E-state index in [4.69, 9.17) is 5.84 Å². The summed E-state index contributed by atoms with van der Waals surface area (Å²) in [5, 5.41) is 12.9. The number of rotatable bonds is 5. The SMILES string of the molecule is Cc1c(NN)nc(C(C)C)nc1NC1(CO)CCC1. The molecule has 0 amide bonds. The highest BCUT2D eigenvalue weighted by Crippen LogP contribution is 2.36. The molecule has 19 heavy (non-hydrogen) atoms. The topological polar surface area (TPSA) is 96.1 Å². The van der Waals surface area contributed by atoms with Crippen LogP contribution in [0.2, 0.25) is 0 Å². The van der Waals surface area contributed by atoms with Crippen molar-refractivity contribution in [1.82, 2.24) is 9.97 Å². The van der Waals surface area contributed by atoms with Crippen LogP contribution in [-0.4, -0.2) is 27.2 Å². The highest BCUT2D eigenvalue weighted by molar-refractivity contribution is 5.58. The molecule has 1 heterocycles. The maximum absolute atomic E-state index is 9.55. The van der Waals surface area contributed by atoms with Gasteiger partial charge in [-0.15, -0.1) is 0 Å². The van der Waals surface area contributed by atoms with Gasteiger partial charge in [0.25, 0.3) is 0 Å². The maximum atomic E-state index is 9.55.